The number of anilines is 1. The lowest BCUT2D eigenvalue weighted by Gasteiger charge is -2.32. The summed E-state index contributed by atoms with van der Waals surface area (Å²) in [6.07, 6.45) is 0. The minimum absolute atomic E-state index is 0.180. The molecule has 0 radical (unpaired) electrons. The second kappa shape index (κ2) is 4.97. The van der Waals surface area contributed by atoms with Crippen LogP contribution in [0.2, 0.25) is 0 Å². The SMILES string of the molecule is Cc1ccc(N2CC(=O)NC(C(=O)O)C2)cc1Br. The van der Waals surface area contributed by atoms with Gasteiger partial charge in [-0.15, -0.1) is 0 Å². The van der Waals surface area contributed by atoms with Gasteiger partial charge in [-0.25, -0.2) is 4.79 Å². The molecule has 1 aliphatic heterocycles. The lowest BCUT2D eigenvalue weighted by atomic mass is 10.1. The molecule has 0 aromatic heterocycles. The van der Waals surface area contributed by atoms with Gasteiger partial charge in [-0.2, -0.15) is 0 Å². The lowest BCUT2D eigenvalue weighted by molar-refractivity contribution is -0.142. The third-order valence-electron chi connectivity index (χ3n) is 2.89. The molecule has 1 unspecified atom stereocenters. The van der Waals surface area contributed by atoms with Crippen molar-refractivity contribution in [3.05, 3.63) is 28.2 Å². The molecule has 2 N–H and O–H groups in total. The van der Waals surface area contributed by atoms with Crippen molar-refractivity contribution in [2.24, 2.45) is 0 Å². The van der Waals surface area contributed by atoms with Crippen molar-refractivity contribution in [2.75, 3.05) is 18.0 Å². The Morgan fingerprint density at radius 3 is 2.89 bits per heavy atom. The largest absolute Gasteiger partial charge is 0.480 e. The van der Waals surface area contributed by atoms with Crippen LogP contribution in [-0.2, 0) is 9.59 Å². The Hall–Kier alpha value is -1.56. The molecule has 1 aliphatic rings. The average Bonchev–Trinajstić information content (AvgIpc) is 2.31. The normalized spacial score (nSPS) is 19.6. The molecule has 0 aliphatic carbocycles. The molecule has 0 saturated carbocycles. The second-order valence-corrected chi connectivity index (χ2v) is 5.13. The van der Waals surface area contributed by atoms with E-state index < -0.39 is 12.0 Å². The minimum Gasteiger partial charge on any atom is -0.480 e. The second-order valence-electron chi connectivity index (χ2n) is 4.27. The Kier molecular flexibility index (Phi) is 3.56. The Morgan fingerprint density at radius 1 is 1.56 bits per heavy atom. The van der Waals surface area contributed by atoms with Crippen LogP contribution >= 0.6 is 15.9 Å². The predicted octanol–water partition coefficient (Wildman–Crippen LogP) is 1.15. The number of aryl methyl sites for hydroxylation is 1. The zero-order valence-electron chi connectivity index (χ0n) is 9.81. The minimum atomic E-state index is -1.01. The molecular formula is C12H13BrN2O3. The number of carboxylic acids is 1. The third kappa shape index (κ3) is 2.64. The highest BCUT2D eigenvalue weighted by Crippen LogP contribution is 2.24. The third-order valence-corrected chi connectivity index (χ3v) is 3.75. The van der Waals surface area contributed by atoms with Gasteiger partial charge in [0.25, 0.3) is 0 Å². The number of carboxylic acid groups (broad SMARTS) is 1. The number of carbonyl (C=O) groups excluding carboxylic acids is 1. The van der Waals surface area contributed by atoms with Gasteiger partial charge >= 0.3 is 5.97 Å². The predicted molar refractivity (Wildman–Crippen MR) is 70.7 cm³/mol. The zero-order valence-corrected chi connectivity index (χ0v) is 11.4. The maximum atomic E-state index is 11.5. The van der Waals surface area contributed by atoms with Gasteiger partial charge in [0.15, 0.2) is 0 Å². The van der Waals surface area contributed by atoms with E-state index in [2.05, 4.69) is 21.2 Å². The highest BCUT2D eigenvalue weighted by molar-refractivity contribution is 9.10. The van der Waals surface area contributed by atoms with Crippen LogP contribution in [0.3, 0.4) is 0 Å². The number of halogens is 1. The van der Waals surface area contributed by atoms with Crippen molar-refractivity contribution in [3.63, 3.8) is 0 Å². The van der Waals surface area contributed by atoms with Crippen LogP contribution in [0.4, 0.5) is 5.69 Å². The topological polar surface area (TPSA) is 69.6 Å². The first kappa shape index (κ1) is 12.9. The van der Waals surface area contributed by atoms with Crippen LogP contribution in [0.5, 0.6) is 0 Å². The smallest absolute Gasteiger partial charge is 0.328 e. The van der Waals surface area contributed by atoms with Gasteiger partial charge in [0.05, 0.1) is 6.54 Å². The van der Waals surface area contributed by atoms with Gasteiger partial charge in [-0.3, -0.25) is 4.79 Å². The van der Waals surface area contributed by atoms with Crippen molar-refractivity contribution >= 4 is 33.5 Å². The number of aliphatic carboxylic acids is 1. The summed E-state index contributed by atoms with van der Waals surface area (Å²) in [5.74, 6) is -1.29. The first-order valence-corrected chi connectivity index (χ1v) is 6.30. The number of hydrogen-bond acceptors (Lipinski definition) is 3. The highest BCUT2D eigenvalue weighted by atomic mass is 79.9. The van der Waals surface area contributed by atoms with E-state index in [1.165, 1.54) is 0 Å². The molecule has 1 aromatic rings. The fourth-order valence-electron chi connectivity index (χ4n) is 1.86. The number of amides is 1. The van der Waals surface area contributed by atoms with Crippen molar-refractivity contribution in [3.8, 4) is 0 Å². The molecule has 2 rings (SSSR count). The van der Waals surface area contributed by atoms with E-state index >= 15 is 0 Å². The number of nitrogens with one attached hydrogen (secondary N) is 1. The number of nitrogens with zero attached hydrogens (tertiary/aromatic N) is 1. The van der Waals surface area contributed by atoms with Gasteiger partial charge in [0, 0.05) is 16.7 Å². The summed E-state index contributed by atoms with van der Waals surface area (Å²) < 4.78 is 0.942. The summed E-state index contributed by atoms with van der Waals surface area (Å²) in [6.45, 7) is 2.42. The number of rotatable bonds is 2. The zero-order chi connectivity index (χ0) is 13.3. The van der Waals surface area contributed by atoms with Crippen LogP contribution in [0.1, 0.15) is 5.56 Å². The standard InChI is InChI=1S/C12H13BrN2O3/c1-7-2-3-8(4-9(7)13)15-5-10(12(17)18)14-11(16)6-15/h2-4,10H,5-6H2,1H3,(H,14,16)(H,17,18). The van der Waals surface area contributed by atoms with Crippen molar-refractivity contribution in [2.45, 2.75) is 13.0 Å². The monoisotopic (exact) mass is 312 g/mol. The number of benzene rings is 1. The number of hydrogen-bond donors (Lipinski definition) is 2. The molecular weight excluding hydrogens is 300 g/mol. The Labute approximate surface area is 113 Å². The molecule has 0 bridgehead atoms. The summed E-state index contributed by atoms with van der Waals surface area (Å²) >= 11 is 3.43. The van der Waals surface area contributed by atoms with E-state index in [9.17, 15) is 9.59 Å². The van der Waals surface area contributed by atoms with Gasteiger partial charge in [0.1, 0.15) is 6.04 Å². The molecule has 1 saturated heterocycles. The molecule has 5 nitrogen and oxygen atoms in total. The van der Waals surface area contributed by atoms with Crippen molar-refractivity contribution in [1.29, 1.82) is 0 Å². The van der Waals surface area contributed by atoms with Gasteiger partial charge in [-0.05, 0) is 24.6 Å². The summed E-state index contributed by atoms with van der Waals surface area (Å²) in [6, 6.07) is 4.86. The summed E-state index contributed by atoms with van der Waals surface area (Å²) in [7, 11) is 0. The average molecular weight is 313 g/mol. The van der Waals surface area contributed by atoms with Gasteiger partial charge in [-0.1, -0.05) is 22.0 Å². The van der Waals surface area contributed by atoms with E-state index in [1.54, 1.807) is 4.90 Å². The fraction of sp³-hybridized carbons (Fsp3) is 0.333. The maximum Gasteiger partial charge on any atom is 0.328 e. The van der Waals surface area contributed by atoms with Crippen molar-refractivity contribution in [1.82, 2.24) is 5.32 Å². The molecule has 1 fully saturated rings. The number of carbonyl (C=O) groups is 2. The van der Waals surface area contributed by atoms with Crippen LogP contribution < -0.4 is 10.2 Å². The fourth-order valence-corrected chi connectivity index (χ4v) is 2.23. The molecule has 6 heteroatoms. The summed E-state index contributed by atoms with van der Waals surface area (Å²) in [5.41, 5.74) is 1.93. The first-order valence-electron chi connectivity index (χ1n) is 5.50. The summed E-state index contributed by atoms with van der Waals surface area (Å²) in [4.78, 5) is 24.2. The van der Waals surface area contributed by atoms with E-state index in [4.69, 9.17) is 5.11 Å². The Bertz CT molecular complexity index is 504. The van der Waals surface area contributed by atoms with Gasteiger partial charge in [0.2, 0.25) is 5.91 Å². The van der Waals surface area contributed by atoms with Crippen molar-refractivity contribution < 1.29 is 14.7 Å². The quantitative estimate of drug-likeness (QED) is 0.859. The van der Waals surface area contributed by atoms with Crippen LogP contribution in [-0.4, -0.2) is 36.1 Å². The molecule has 1 aromatic carbocycles. The first-order chi connectivity index (χ1) is 8.47. The van der Waals surface area contributed by atoms with E-state index in [1.807, 2.05) is 25.1 Å². The maximum absolute atomic E-state index is 11.5. The van der Waals surface area contributed by atoms with Crippen LogP contribution in [0.15, 0.2) is 22.7 Å². The Balaban J connectivity index is 2.23. The molecule has 1 amide bonds. The molecule has 0 spiro atoms. The van der Waals surface area contributed by atoms with Crippen LogP contribution in [0.25, 0.3) is 0 Å². The van der Waals surface area contributed by atoms with E-state index in [0.717, 1.165) is 15.7 Å². The van der Waals surface area contributed by atoms with E-state index in [0.29, 0.717) is 0 Å². The lowest BCUT2D eigenvalue weighted by Crippen LogP contribution is -2.57. The Morgan fingerprint density at radius 2 is 2.28 bits per heavy atom. The molecule has 1 atom stereocenters. The van der Waals surface area contributed by atoms with E-state index in [-0.39, 0.29) is 19.0 Å². The van der Waals surface area contributed by atoms with Crippen LogP contribution in [0, 0.1) is 6.92 Å². The van der Waals surface area contributed by atoms with Gasteiger partial charge < -0.3 is 15.3 Å². The highest BCUT2D eigenvalue weighted by Gasteiger charge is 2.29. The number of piperazine rings is 1. The molecule has 1 heterocycles. The molecule has 18 heavy (non-hydrogen) atoms. The molecule has 96 valence electrons. The summed E-state index contributed by atoms with van der Waals surface area (Å²) in [5, 5.41) is 11.4.